The molecule has 0 saturated carbocycles. The minimum atomic E-state index is -2.73. The van der Waals surface area contributed by atoms with Crippen molar-refractivity contribution < 1.29 is 13.2 Å². The van der Waals surface area contributed by atoms with Crippen LogP contribution < -0.4 is 5.32 Å². The van der Waals surface area contributed by atoms with Crippen molar-refractivity contribution >= 4 is 9.84 Å². The van der Waals surface area contributed by atoms with Crippen LogP contribution in [0.2, 0.25) is 0 Å². The third-order valence-electron chi connectivity index (χ3n) is 2.50. The van der Waals surface area contributed by atoms with Crippen LogP contribution in [0, 0.1) is 5.92 Å². The van der Waals surface area contributed by atoms with Crippen LogP contribution in [0.3, 0.4) is 0 Å². The molecule has 0 aromatic heterocycles. The summed E-state index contributed by atoms with van der Waals surface area (Å²) >= 11 is 0. The van der Waals surface area contributed by atoms with Crippen LogP contribution in [0.15, 0.2) is 0 Å². The summed E-state index contributed by atoms with van der Waals surface area (Å²) in [5.74, 6) is 0.997. The fourth-order valence-corrected chi connectivity index (χ4v) is 3.57. The fourth-order valence-electron chi connectivity index (χ4n) is 1.71. The first-order valence-electron chi connectivity index (χ1n) is 4.96. The Labute approximate surface area is 85.9 Å². The van der Waals surface area contributed by atoms with Crippen molar-refractivity contribution in [2.45, 2.75) is 19.4 Å². The summed E-state index contributed by atoms with van der Waals surface area (Å²) < 4.78 is 27.3. The van der Waals surface area contributed by atoms with Gasteiger partial charge in [0.25, 0.3) is 0 Å². The lowest BCUT2D eigenvalue weighted by Gasteiger charge is -2.15. The van der Waals surface area contributed by atoms with Crippen LogP contribution in [0.1, 0.15) is 13.3 Å². The number of hydrogen-bond acceptors (Lipinski definition) is 4. The van der Waals surface area contributed by atoms with Gasteiger partial charge in [0.15, 0.2) is 9.84 Å². The lowest BCUT2D eigenvalue weighted by Crippen LogP contribution is -2.34. The molecule has 0 bridgehead atoms. The normalized spacial score (nSPS) is 27.7. The predicted molar refractivity (Wildman–Crippen MR) is 56.1 cm³/mol. The molecule has 0 aromatic rings. The number of hydrogen-bond donors (Lipinski definition) is 1. The van der Waals surface area contributed by atoms with Gasteiger partial charge in [-0.05, 0) is 25.8 Å². The van der Waals surface area contributed by atoms with Crippen LogP contribution >= 0.6 is 0 Å². The summed E-state index contributed by atoms with van der Waals surface area (Å²) in [5, 5.41) is 3.27. The van der Waals surface area contributed by atoms with Crippen LogP contribution in [0.4, 0.5) is 0 Å². The number of rotatable bonds is 5. The molecule has 0 aromatic carbocycles. The standard InChI is InChI=1S/C9H19NO3S/c1-8(6-13-2)10-5-9-3-4-14(11,12)7-9/h8-10H,3-7H2,1-2H3. The second-order valence-electron chi connectivity index (χ2n) is 4.03. The Morgan fingerprint density at radius 1 is 1.57 bits per heavy atom. The highest BCUT2D eigenvalue weighted by atomic mass is 32.2. The summed E-state index contributed by atoms with van der Waals surface area (Å²) in [4.78, 5) is 0. The van der Waals surface area contributed by atoms with Crippen molar-refractivity contribution in [3.63, 3.8) is 0 Å². The molecule has 1 N–H and O–H groups in total. The van der Waals surface area contributed by atoms with Crippen LogP contribution in [0.25, 0.3) is 0 Å². The van der Waals surface area contributed by atoms with Crippen LogP contribution in [0.5, 0.6) is 0 Å². The lowest BCUT2D eigenvalue weighted by molar-refractivity contribution is 0.170. The zero-order valence-corrected chi connectivity index (χ0v) is 9.64. The van der Waals surface area contributed by atoms with E-state index in [1.165, 1.54) is 0 Å². The molecule has 0 amide bonds. The molecule has 1 saturated heterocycles. The van der Waals surface area contributed by atoms with Gasteiger partial charge in [0.2, 0.25) is 0 Å². The Balaban J connectivity index is 2.20. The van der Waals surface area contributed by atoms with Gasteiger partial charge in [0, 0.05) is 13.2 Å². The summed E-state index contributed by atoms with van der Waals surface area (Å²) in [6.07, 6.45) is 0.801. The highest BCUT2D eigenvalue weighted by molar-refractivity contribution is 7.91. The number of methoxy groups -OCH3 is 1. The molecule has 84 valence electrons. The number of sulfone groups is 1. The second kappa shape index (κ2) is 5.09. The first-order chi connectivity index (χ1) is 6.53. The third-order valence-corrected chi connectivity index (χ3v) is 4.34. The average molecular weight is 221 g/mol. The van der Waals surface area contributed by atoms with E-state index < -0.39 is 9.84 Å². The molecule has 1 rings (SSSR count). The van der Waals surface area contributed by atoms with Gasteiger partial charge in [-0.3, -0.25) is 0 Å². The Hall–Kier alpha value is -0.130. The zero-order valence-electron chi connectivity index (χ0n) is 8.82. The Kier molecular flexibility index (Phi) is 4.34. The van der Waals surface area contributed by atoms with E-state index in [0.29, 0.717) is 30.1 Å². The quantitative estimate of drug-likeness (QED) is 0.712. The molecule has 1 aliphatic rings. The molecule has 1 heterocycles. The largest absolute Gasteiger partial charge is 0.383 e. The highest BCUT2D eigenvalue weighted by Gasteiger charge is 2.27. The van der Waals surface area contributed by atoms with E-state index in [1.807, 2.05) is 6.92 Å². The van der Waals surface area contributed by atoms with Gasteiger partial charge in [0.05, 0.1) is 18.1 Å². The molecule has 2 unspecified atom stereocenters. The maximum absolute atomic E-state index is 11.2. The molecule has 5 heteroatoms. The van der Waals surface area contributed by atoms with Crippen molar-refractivity contribution in [2.24, 2.45) is 5.92 Å². The Morgan fingerprint density at radius 3 is 2.79 bits per heavy atom. The zero-order chi connectivity index (χ0) is 10.6. The molecule has 0 aliphatic carbocycles. The minimum absolute atomic E-state index is 0.291. The first kappa shape index (κ1) is 11.9. The van der Waals surface area contributed by atoms with E-state index in [9.17, 15) is 8.42 Å². The Morgan fingerprint density at radius 2 is 2.29 bits per heavy atom. The van der Waals surface area contributed by atoms with E-state index in [0.717, 1.165) is 13.0 Å². The monoisotopic (exact) mass is 221 g/mol. The lowest BCUT2D eigenvalue weighted by atomic mass is 10.1. The summed E-state index contributed by atoms with van der Waals surface area (Å²) in [7, 11) is -1.06. The SMILES string of the molecule is COCC(C)NCC1CCS(=O)(=O)C1. The molecule has 14 heavy (non-hydrogen) atoms. The van der Waals surface area contributed by atoms with Crippen molar-refractivity contribution in [1.29, 1.82) is 0 Å². The van der Waals surface area contributed by atoms with Gasteiger partial charge in [-0.2, -0.15) is 0 Å². The van der Waals surface area contributed by atoms with Crippen molar-refractivity contribution in [2.75, 3.05) is 31.8 Å². The van der Waals surface area contributed by atoms with E-state index in [2.05, 4.69) is 5.32 Å². The van der Waals surface area contributed by atoms with Gasteiger partial charge in [-0.15, -0.1) is 0 Å². The van der Waals surface area contributed by atoms with E-state index >= 15 is 0 Å². The minimum Gasteiger partial charge on any atom is -0.383 e. The summed E-state index contributed by atoms with van der Waals surface area (Å²) in [5.41, 5.74) is 0. The summed E-state index contributed by atoms with van der Waals surface area (Å²) in [6.45, 7) is 3.48. The third kappa shape index (κ3) is 3.94. The molecular weight excluding hydrogens is 202 g/mol. The average Bonchev–Trinajstić information content (AvgIpc) is 2.43. The van der Waals surface area contributed by atoms with Gasteiger partial charge in [-0.25, -0.2) is 8.42 Å². The van der Waals surface area contributed by atoms with Crippen molar-refractivity contribution in [3.8, 4) is 0 Å². The van der Waals surface area contributed by atoms with Crippen LogP contribution in [-0.4, -0.2) is 46.2 Å². The van der Waals surface area contributed by atoms with E-state index in [-0.39, 0.29) is 0 Å². The first-order valence-corrected chi connectivity index (χ1v) is 6.78. The molecule has 0 radical (unpaired) electrons. The van der Waals surface area contributed by atoms with Crippen LogP contribution in [-0.2, 0) is 14.6 Å². The van der Waals surface area contributed by atoms with E-state index in [1.54, 1.807) is 7.11 Å². The molecule has 4 nitrogen and oxygen atoms in total. The van der Waals surface area contributed by atoms with Gasteiger partial charge < -0.3 is 10.1 Å². The predicted octanol–water partition coefficient (Wildman–Crippen LogP) is 0.0456. The smallest absolute Gasteiger partial charge is 0.150 e. The molecular formula is C9H19NO3S. The molecule has 1 fully saturated rings. The molecule has 2 atom stereocenters. The Bertz CT molecular complexity index is 263. The maximum Gasteiger partial charge on any atom is 0.150 e. The van der Waals surface area contributed by atoms with Gasteiger partial charge >= 0.3 is 0 Å². The topological polar surface area (TPSA) is 55.4 Å². The van der Waals surface area contributed by atoms with Crippen molar-refractivity contribution in [3.05, 3.63) is 0 Å². The van der Waals surface area contributed by atoms with Gasteiger partial charge in [-0.1, -0.05) is 0 Å². The maximum atomic E-state index is 11.2. The summed E-state index contributed by atoms with van der Waals surface area (Å²) in [6, 6.07) is 0.295. The van der Waals surface area contributed by atoms with Gasteiger partial charge in [0.1, 0.15) is 0 Å². The molecule has 0 spiro atoms. The van der Waals surface area contributed by atoms with E-state index in [4.69, 9.17) is 4.74 Å². The number of nitrogens with one attached hydrogen (secondary N) is 1. The van der Waals surface area contributed by atoms with Crippen molar-refractivity contribution in [1.82, 2.24) is 5.32 Å². The number of ether oxygens (including phenoxy) is 1. The fraction of sp³-hybridized carbons (Fsp3) is 1.00. The second-order valence-corrected chi connectivity index (χ2v) is 6.26. The highest BCUT2D eigenvalue weighted by Crippen LogP contribution is 2.17. The molecule has 1 aliphatic heterocycles.